The van der Waals surface area contributed by atoms with E-state index in [-0.39, 0.29) is 6.54 Å². The number of allylic oxidation sites excluding steroid dienone is 1. The van der Waals surface area contributed by atoms with Crippen LogP contribution < -0.4 is 4.72 Å². The molecular weight excluding hydrogens is 214 g/mol. The van der Waals surface area contributed by atoms with Crippen LogP contribution in [0.2, 0.25) is 0 Å². The maximum atomic E-state index is 10.1. The van der Waals surface area contributed by atoms with Gasteiger partial charge in [0.2, 0.25) is 0 Å². The molecule has 0 aromatic rings. The van der Waals surface area contributed by atoms with Gasteiger partial charge in [0.25, 0.3) is 0 Å². The van der Waals surface area contributed by atoms with Gasteiger partial charge < -0.3 is 4.55 Å². The van der Waals surface area contributed by atoms with Crippen molar-refractivity contribution in [2.45, 2.75) is 45.4 Å². The average molecular weight is 234 g/mol. The molecule has 0 unspecified atom stereocenters. The number of hydrogen-bond donors (Lipinski definition) is 1. The lowest BCUT2D eigenvalue weighted by Crippen LogP contribution is -2.23. The Hall–Kier alpha value is -0.390. The van der Waals surface area contributed by atoms with Crippen LogP contribution in [0.4, 0.5) is 0 Å². The van der Waals surface area contributed by atoms with Gasteiger partial charge in [-0.1, -0.05) is 38.3 Å². The Balaban J connectivity index is 3.25. The molecule has 0 aliphatic rings. The van der Waals surface area contributed by atoms with E-state index in [1.54, 1.807) is 0 Å². The van der Waals surface area contributed by atoms with E-state index in [1.807, 2.05) is 16.9 Å². The third-order valence-electron chi connectivity index (χ3n) is 1.98. The van der Waals surface area contributed by atoms with Crippen molar-refractivity contribution in [1.82, 2.24) is 4.72 Å². The van der Waals surface area contributed by atoms with Crippen molar-refractivity contribution in [3.05, 3.63) is 12.2 Å². The number of nitrogens with one attached hydrogen (secondary N) is 1. The molecule has 4 nitrogen and oxygen atoms in total. The minimum atomic E-state index is -4.26. The van der Waals surface area contributed by atoms with Crippen molar-refractivity contribution in [3.8, 4) is 0 Å². The molecule has 5 heteroatoms. The predicted octanol–water partition coefficient (Wildman–Crippen LogP) is 1.95. The van der Waals surface area contributed by atoms with Gasteiger partial charge in [-0.15, -0.1) is 0 Å². The van der Waals surface area contributed by atoms with Gasteiger partial charge in [-0.05, 0) is 19.3 Å². The van der Waals surface area contributed by atoms with Gasteiger partial charge in [0, 0.05) is 6.54 Å². The Morgan fingerprint density at radius 1 is 1.13 bits per heavy atom. The van der Waals surface area contributed by atoms with Crippen LogP contribution in [0.5, 0.6) is 0 Å². The summed E-state index contributed by atoms with van der Waals surface area (Å²) in [5.74, 6) is 0. The van der Waals surface area contributed by atoms with E-state index in [9.17, 15) is 13.0 Å². The lowest BCUT2D eigenvalue weighted by molar-refractivity contribution is 0.449. The summed E-state index contributed by atoms with van der Waals surface area (Å²) in [6.45, 7) is 2.36. The summed E-state index contributed by atoms with van der Waals surface area (Å²) < 4.78 is 32.3. The van der Waals surface area contributed by atoms with Gasteiger partial charge in [-0.2, -0.15) is 0 Å². The van der Waals surface area contributed by atoms with Crippen LogP contribution in [0, 0.1) is 0 Å². The van der Waals surface area contributed by atoms with Crippen LogP contribution in [0.3, 0.4) is 0 Å². The smallest absolute Gasteiger partial charge is 0.159 e. The summed E-state index contributed by atoms with van der Waals surface area (Å²) in [7, 11) is -4.26. The van der Waals surface area contributed by atoms with E-state index in [4.69, 9.17) is 0 Å². The monoisotopic (exact) mass is 234 g/mol. The Labute approximate surface area is 92.6 Å². The zero-order chi connectivity index (χ0) is 11.6. The van der Waals surface area contributed by atoms with Crippen molar-refractivity contribution in [2.75, 3.05) is 6.54 Å². The molecule has 0 fully saturated rings. The zero-order valence-electron chi connectivity index (χ0n) is 9.24. The second kappa shape index (κ2) is 8.88. The van der Waals surface area contributed by atoms with E-state index in [0.29, 0.717) is 6.42 Å². The first kappa shape index (κ1) is 14.6. The van der Waals surface area contributed by atoms with Crippen LogP contribution >= 0.6 is 0 Å². The molecule has 90 valence electrons. The molecule has 0 rings (SSSR count). The Morgan fingerprint density at radius 3 is 2.40 bits per heavy atom. The van der Waals surface area contributed by atoms with E-state index >= 15 is 0 Å². The highest BCUT2D eigenvalue weighted by molar-refractivity contribution is 7.83. The van der Waals surface area contributed by atoms with Crippen LogP contribution in [0.15, 0.2) is 12.2 Å². The topological polar surface area (TPSA) is 69.2 Å². The largest absolute Gasteiger partial charge is 0.735 e. The van der Waals surface area contributed by atoms with Crippen molar-refractivity contribution >= 4 is 10.3 Å². The minimum absolute atomic E-state index is 0.192. The van der Waals surface area contributed by atoms with E-state index in [2.05, 4.69) is 6.92 Å². The molecule has 1 N–H and O–H groups in total. The lowest BCUT2D eigenvalue weighted by atomic mass is 10.1. The predicted molar refractivity (Wildman–Crippen MR) is 60.2 cm³/mol. The first-order valence-corrected chi connectivity index (χ1v) is 6.82. The Morgan fingerprint density at radius 2 is 1.80 bits per heavy atom. The van der Waals surface area contributed by atoms with Crippen molar-refractivity contribution < 1.29 is 13.0 Å². The number of unbranched alkanes of at least 4 members (excludes halogenated alkanes) is 4. The molecular formula is C10H20NO3S-. The number of rotatable bonds is 9. The molecule has 0 bridgehead atoms. The second-order valence-corrected chi connectivity index (χ2v) is 4.65. The first-order chi connectivity index (χ1) is 7.06. The Kier molecular flexibility index (Phi) is 8.65. The lowest BCUT2D eigenvalue weighted by Gasteiger charge is -2.06. The summed E-state index contributed by atoms with van der Waals surface area (Å²) in [5.41, 5.74) is 0. The fourth-order valence-corrected chi connectivity index (χ4v) is 1.56. The molecule has 0 saturated carbocycles. The third kappa shape index (κ3) is 13.6. The van der Waals surface area contributed by atoms with Gasteiger partial charge in [-0.3, -0.25) is 0 Å². The zero-order valence-corrected chi connectivity index (χ0v) is 10.1. The summed E-state index contributed by atoms with van der Waals surface area (Å²) in [6, 6.07) is 0. The molecule has 0 amide bonds. The van der Waals surface area contributed by atoms with E-state index < -0.39 is 10.3 Å². The van der Waals surface area contributed by atoms with Crippen LogP contribution in [0.1, 0.15) is 45.4 Å². The van der Waals surface area contributed by atoms with Crippen molar-refractivity contribution in [1.29, 1.82) is 0 Å². The summed E-state index contributed by atoms with van der Waals surface area (Å²) in [4.78, 5) is 0. The van der Waals surface area contributed by atoms with Gasteiger partial charge >= 0.3 is 0 Å². The Bertz CT molecular complexity index is 260. The quantitative estimate of drug-likeness (QED) is 0.376. The van der Waals surface area contributed by atoms with Crippen LogP contribution in [-0.4, -0.2) is 19.5 Å². The van der Waals surface area contributed by atoms with Gasteiger partial charge in [0.1, 0.15) is 0 Å². The third-order valence-corrected chi connectivity index (χ3v) is 2.54. The summed E-state index contributed by atoms with van der Waals surface area (Å²) >= 11 is 0. The highest BCUT2D eigenvalue weighted by Crippen LogP contribution is 2.02. The maximum Gasteiger partial charge on any atom is 0.159 e. The molecule has 0 saturated heterocycles. The molecule has 0 radical (unpaired) electrons. The van der Waals surface area contributed by atoms with E-state index in [0.717, 1.165) is 6.42 Å². The van der Waals surface area contributed by atoms with Crippen LogP contribution in [-0.2, 0) is 10.3 Å². The van der Waals surface area contributed by atoms with Gasteiger partial charge in [0.05, 0.1) is 0 Å². The standard InChI is InChI=1S/C10H21NO3S/c1-2-3-4-5-6-7-8-9-10-11-15(12,13)14/h7-8,11H,2-6,9-10H2,1H3,(H,12,13,14)/p-1/b8-7-. The molecule has 0 spiro atoms. The highest BCUT2D eigenvalue weighted by Gasteiger charge is 1.89. The van der Waals surface area contributed by atoms with Gasteiger partial charge in [0.15, 0.2) is 10.3 Å². The molecule has 15 heavy (non-hydrogen) atoms. The van der Waals surface area contributed by atoms with Crippen molar-refractivity contribution in [3.63, 3.8) is 0 Å². The second-order valence-electron chi connectivity index (χ2n) is 3.46. The maximum absolute atomic E-state index is 10.1. The summed E-state index contributed by atoms with van der Waals surface area (Å²) in [6.07, 6.45) is 10.5. The van der Waals surface area contributed by atoms with Crippen molar-refractivity contribution in [2.24, 2.45) is 0 Å². The number of hydrogen-bond acceptors (Lipinski definition) is 3. The molecule has 0 aliphatic heterocycles. The molecule has 0 aromatic carbocycles. The molecule has 0 heterocycles. The van der Waals surface area contributed by atoms with Crippen LogP contribution in [0.25, 0.3) is 0 Å². The molecule has 0 aromatic heterocycles. The molecule has 0 aliphatic carbocycles. The fraction of sp³-hybridized carbons (Fsp3) is 0.800. The average Bonchev–Trinajstić information content (AvgIpc) is 2.14. The van der Waals surface area contributed by atoms with Gasteiger partial charge in [-0.25, -0.2) is 13.1 Å². The minimum Gasteiger partial charge on any atom is -0.735 e. The SMILES string of the molecule is CCCCCC/C=C\CCNS(=O)(=O)[O-]. The molecule has 0 atom stereocenters. The highest BCUT2D eigenvalue weighted by atomic mass is 32.2. The first-order valence-electron chi connectivity index (χ1n) is 5.41. The summed E-state index contributed by atoms with van der Waals surface area (Å²) in [5, 5.41) is 0. The fourth-order valence-electron chi connectivity index (χ4n) is 1.19. The van der Waals surface area contributed by atoms with E-state index in [1.165, 1.54) is 25.7 Å². The normalized spacial score (nSPS) is 12.4.